The zero-order chi connectivity index (χ0) is 20.7. The first-order chi connectivity index (χ1) is 13.9. The van der Waals surface area contributed by atoms with Crippen molar-refractivity contribution in [3.8, 4) is 0 Å². The molecule has 29 heavy (non-hydrogen) atoms. The van der Waals surface area contributed by atoms with Gasteiger partial charge in [-0.25, -0.2) is 4.98 Å². The van der Waals surface area contributed by atoms with Gasteiger partial charge in [0.2, 0.25) is 0 Å². The second-order valence-corrected chi connectivity index (χ2v) is 7.20. The van der Waals surface area contributed by atoms with Crippen molar-refractivity contribution in [1.29, 1.82) is 0 Å². The Morgan fingerprint density at radius 2 is 2.14 bits per heavy atom. The number of pyridine rings is 1. The van der Waals surface area contributed by atoms with Gasteiger partial charge in [0.15, 0.2) is 11.3 Å². The summed E-state index contributed by atoms with van der Waals surface area (Å²) in [4.78, 5) is 31.8. The van der Waals surface area contributed by atoms with Crippen LogP contribution in [0.3, 0.4) is 0 Å². The van der Waals surface area contributed by atoms with Gasteiger partial charge < -0.3 is 15.3 Å². The second kappa shape index (κ2) is 7.28. The van der Waals surface area contributed by atoms with E-state index in [0.717, 1.165) is 28.0 Å². The van der Waals surface area contributed by atoms with Gasteiger partial charge >= 0.3 is 0 Å². The molecule has 2 amide bonds. The zero-order valence-electron chi connectivity index (χ0n) is 16.6. The van der Waals surface area contributed by atoms with E-state index in [1.165, 1.54) is 0 Å². The zero-order valence-corrected chi connectivity index (χ0v) is 16.6. The highest BCUT2D eigenvalue weighted by molar-refractivity contribution is 6.06. The molecule has 10 heteroatoms. The van der Waals surface area contributed by atoms with Gasteiger partial charge in [0, 0.05) is 31.4 Å². The van der Waals surface area contributed by atoms with E-state index in [4.69, 9.17) is 5.11 Å². The van der Waals surface area contributed by atoms with Gasteiger partial charge in [-0.3, -0.25) is 19.4 Å². The predicted octanol–water partition coefficient (Wildman–Crippen LogP) is 0.229. The summed E-state index contributed by atoms with van der Waals surface area (Å²) in [7, 11) is 1.82. The van der Waals surface area contributed by atoms with E-state index in [0.29, 0.717) is 36.4 Å². The number of nitrogens with zero attached hydrogens (tertiary/aromatic N) is 5. The van der Waals surface area contributed by atoms with Crippen LogP contribution in [0.2, 0.25) is 0 Å². The van der Waals surface area contributed by atoms with Crippen molar-refractivity contribution in [1.82, 2.24) is 35.2 Å². The summed E-state index contributed by atoms with van der Waals surface area (Å²) < 4.78 is 1.69. The number of aryl methyl sites for hydroxylation is 3. The smallest absolute Gasteiger partial charge is 0.272 e. The summed E-state index contributed by atoms with van der Waals surface area (Å²) in [5, 5.41) is 23.7. The van der Waals surface area contributed by atoms with Crippen LogP contribution in [-0.2, 0) is 20.0 Å². The largest absolute Gasteiger partial charge is 0.395 e. The SMILES string of the molecule is Cc1cc(C(=O)N2CCc3c(C(=O)NCCO)n[nH]c3C2)c2c(C)nn(C)c2n1. The Labute approximate surface area is 166 Å². The third-order valence-corrected chi connectivity index (χ3v) is 5.16. The molecule has 0 aromatic carbocycles. The molecule has 0 bridgehead atoms. The van der Waals surface area contributed by atoms with Crippen molar-refractivity contribution >= 4 is 22.8 Å². The number of rotatable bonds is 4. The number of aliphatic hydroxyl groups is 1. The maximum Gasteiger partial charge on any atom is 0.272 e. The fourth-order valence-electron chi connectivity index (χ4n) is 3.84. The molecular weight excluding hydrogens is 374 g/mol. The van der Waals surface area contributed by atoms with Crippen molar-refractivity contribution in [2.75, 3.05) is 19.7 Å². The van der Waals surface area contributed by atoms with Crippen molar-refractivity contribution in [3.05, 3.63) is 40.0 Å². The highest BCUT2D eigenvalue weighted by Crippen LogP contribution is 2.26. The van der Waals surface area contributed by atoms with Gasteiger partial charge in [0.1, 0.15) is 0 Å². The highest BCUT2D eigenvalue weighted by atomic mass is 16.3. The van der Waals surface area contributed by atoms with Gasteiger partial charge in [-0.05, 0) is 26.3 Å². The summed E-state index contributed by atoms with van der Waals surface area (Å²) in [6.07, 6.45) is 0.526. The second-order valence-electron chi connectivity index (χ2n) is 7.20. The number of carbonyl (C=O) groups excluding carboxylic acids is 2. The standard InChI is InChI=1S/C19H23N7O3/c1-10-8-13(15-11(2)24-25(3)17(15)21-10)19(29)26-6-4-12-14(9-26)22-23-16(12)18(28)20-5-7-27/h8,27H,4-7,9H2,1-3H3,(H,20,28)(H,22,23). The number of aromatic amines is 1. The molecule has 152 valence electrons. The molecule has 0 saturated heterocycles. The number of amides is 2. The monoisotopic (exact) mass is 397 g/mol. The lowest BCUT2D eigenvalue weighted by Crippen LogP contribution is -2.37. The minimum Gasteiger partial charge on any atom is -0.395 e. The third-order valence-electron chi connectivity index (χ3n) is 5.16. The maximum atomic E-state index is 13.3. The lowest BCUT2D eigenvalue weighted by Gasteiger charge is -2.27. The molecule has 4 heterocycles. The molecule has 10 nitrogen and oxygen atoms in total. The summed E-state index contributed by atoms with van der Waals surface area (Å²) in [6.45, 7) is 4.60. The number of aromatic nitrogens is 5. The fourth-order valence-corrected chi connectivity index (χ4v) is 3.84. The number of aliphatic hydroxyl groups excluding tert-OH is 1. The number of nitrogens with one attached hydrogen (secondary N) is 2. The number of hydrogen-bond donors (Lipinski definition) is 3. The Bertz CT molecular complexity index is 1110. The van der Waals surface area contributed by atoms with E-state index < -0.39 is 0 Å². The minimum atomic E-state index is -0.325. The molecule has 1 aliphatic rings. The van der Waals surface area contributed by atoms with E-state index in [1.807, 2.05) is 20.9 Å². The summed E-state index contributed by atoms with van der Waals surface area (Å²) >= 11 is 0. The van der Waals surface area contributed by atoms with Gasteiger partial charge in [-0.1, -0.05) is 0 Å². The Morgan fingerprint density at radius 3 is 2.90 bits per heavy atom. The Morgan fingerprint density at radius 1 is 1.34 bits per heavy atom. The van der Waals surface area contributed by atoms with Crippen molar-refractivity contribution in [2.45, 2.75) is 26.8 Å². The molecule has 0 spiro atoms. The van der Waals surface area contributed by atoms with Crippen LogP contribution in [0, 0.1) is 13.8 Å². The topological polar surface area (TPSA) is 129 Å². The van der Waals surface area contributed by atoms with Crippen LogP contribution in [0.25, 0.3) is 11.0 Å². The van der Waals surface area contributed by atoms with Gasteiger partial charge in [-0.2, -0.15) is 10.2 Å². The van der Waals surface area contributed by atoms with E-state index in [9.17, 15) is 9.59 Å². The fraction of sp³-hybridized carbons (Fsp3) is 0.421. The average molecular weight is 397 g/mol. The number of H-pyrrole nitrogens is 1. The minimum absolute atomic E-state index is 0.0943. The molecule has 1 aliphatic heterocycles. The van der Waals surface area contributed by atoms with Gasteiger partial charge in [-0.15, -0.1) is 0 Å². The molecule has 0 aliphatic carbocycles. The maximum absolute atomic E-state index is 13.3. The molecule has 3 N–H and O–H groups in total. The van der Waals surface area contributed by atoms with Crippen LogP contribution in [0.1, 0.15) is 43.5 Å². The van der Waals surface area contributed by atoms with Gasteiger partial charge in [0.05, 0.1) is 35.5 Å². The Balaban J connectivity index is 1.63. The van der Waals surface area contributed by atoms with E-state index in [2.05, 4.69) is 25.6 Å². The molecule has 4 rings (SSSR count). The molecule has 0 fully saturated rings. The third kappa shape index (κ3) is 3.25. The first kappa shape index (κ1) is 19.1. The molecular formula is C19H23N7O3. The van der Waals surface area contributed by atoms with Crippen molar-refractivity contribution in [2.24, 2.45) is 7.05 Å². The number of hydrogen-bond acceptors (Lipinski definition) is 6. The first-order valence-electron chi connectivity index (χ1n) is 9.46. The molecule has 3 aromatic rings. The summed E-state index contributed by atoms with van der Waals surface area (Å²) in [5.74, 6) is -0.420. The molecule has 0 radical (unpaired) electrons. The normalized spacial score (nSPS) is 13.6. The average Bonchev–Trinajstić information content (AvgIpc) is 3.25. The Hall–Kier alpha value is -3.27. The van der Waals surface area contributed by atoms with E-state index in [1.54, 1.807) is 15.6 Å². The van der Waals surface area contributed by atoms with Crippen LogP contribution in [0.15, 0.2) is 6.07 Å². The molecule has 0 atom stereocenters. The quantitative estimate of drug-likeness (QED) is 0.578. The van der Waals surface area contributed by atoms with Crippen LogP contribution in [0.5, 0.6) is 0 Å². The first-order valence-corrected chi connectivity index (χ1v) is 9.46. The molecule has 3 aromatic heterocycles. The van der Waals surface area contributed by atoms with Crippen molar-refractivity contribution < 1.29 is 14.7 Å². The highest BCUT2D eigenvalue weighted by Gasteiger charge is 2.29. The van der Waals surface area contributed by atoms with Crippen molar-refractivity contribution in [3.63, 3.8) is 0 Å². The van der Waals surface area contributed by atoms with Crippen LogP contribution in [-0.4, -0.2) is 66.5 Å². The molecule has 0 saturated carbocycles. The number of carbonyl (C=O) groups is 2. The van der Waals surface area contributed by atoms with Crippen LogP contribution < -0.4 is 5.32 Å². The van der Waals surface area contributed by atoms with E-state index in [-0.39, 0.29) is 25.0 Å². The summed E-state index contributed by atoms with van der Waals surface area (Å²) in [5.41, 5.74) is 4.69. The predicted molar refractivity (Wildman–Crippen MR) is 104 cm³/mol. The molecule has 0 unspecified atom stereocenters. The van der Waals surface area contributed by atoms with Crippen LogP contribution in [0.4, 0.5) is 0 Å². The van der Waals surface area contributed by atoms with E-state index >= 15 is 0 Å². The summed E-state index contributed by atoms with van der Waals surface area (Å²) in [6, 6.07) is 1.80. The van der Waals surface area contributed by atoms with Crippen LogP contribution >= 0.6 is 0 Å². The lowest BCUT2D eigenvalue weighted by molar-refractivity contribution is 0.0734. The Kier molecular flexibility index (Phi) is 4.79. The lowest BCUT2D eigenvalue weighted by atomic mass is 10.0. The number of fused-ring (bicyclic) bond motifs is 2. The van der Waals surface area contributed by atoms with Gasteiger partial charge in [0.25, 0.3) is 11.8 Å².